The van der Waals surface area contributed by atoms with Crippen LogP contribution in [0.1, 0.15) is 52.9 Å². The maximum atomic E-state index is 5.71. The van der Waals surface area contributed by atoms with Crippen LogP contribution >= 0.6 is 0 Å². The summed E-state index contributed by atoms with van der Waals surface area (Å²) in [7, 11) is 0. The van der Waals surface area contributed by atoms with Crippen LogP contribution in [-0.4, -0.2) is 71.1 Å². The summed E-state index contributed by atoms with van der Waals surface area (Å²) in [5.74, 6) is 0. The predicted octanol–water partition coefficient (Wildman–Crippen LogP) is 3.86. The summed E-state index contributed by atoms with van der Waals surface area (Å²) in [6.07, 6.45) is 7.30. The van der Waals surface area contributed by atoms with Crippen LogP contribution in [0.5, 0.6) is 0 Å². The lowest BCUT2D eigenvalue weighted by Crippen LogP contribution is -2.17. The van der Waals surface area contributed by atoms with Crippen LogP contribution in [0.25, 0.3) is 0 Å². The minimum absolute atomic E-state index is 0.618. The third-order valence-electron chi connectivity index (χ3n) is 3.49. The first-order valence-electron chi connectivity index (χ1n) is 9.96. The van der Waals surface area contributed by atoms with Crippen molar-refractivity contribution in [2.75, 3.05) is 59.4 Å². The fourth-order valence-corrected chi connectivity index (χ4v) is 2.16. The molecule has 0 heterocycles. The van der Waals surface area contributed by atoms with Crippen LogP contribution < -0.4 is 0 Å². The molecule has 0 aliphatic carbocycles. The fourth-order valence-electron chi connectivity index (χ4n) is 2.16. The second-order valence-corrected chi connectivity index (χ2v) is 6.23. The molecule has 0 bridgehead atoms. The summed E-state index contributed by atoms with van der Waals surface area (Å²) in [6, 6.07) is 0. The molecule has 0 saturated carbocycles. The molecule has 0 radical (unpaired) electrons. The summed E-state index contributed by atoms with van der Waals surface area (Å²) >= 11 is 0. The molecule has 26 heavy (non-hydrogen) atoms. The van der Waals surface area contributed by atoms with Gasteiger partial charge >= 0.3 is 0 Å². The van der Waals surface area contributed by atoms with Gasteiger partial charge in [-0.1, -0.05) is 13.8 Å². The van der Waals surface area contributed by atoms with E-state index in [-0.39, 0.29) is 0 Å². The predicted molar refractivity (Wildman–Crippen MR) is 108 cm³/mol. The molecule has 154 valence electrons. The average Bonchev–Trinajstić information content (AvgIpc) is 2.65. The lowest BCUT2D eigenvalue weighted by atomic mass is 10.2. The molecule has 6 nitrogen and oxygen atoms in total. The monoisotopic (exact) mass is 372 g/mol. The van der Waals surface area contributed by atoms with Crippen LogP contribution in [0.4, 0.5) is 0 Å². The van der Waals surface area contributed by atoms with E-state index in [2.05, 4.69) is 25.7 Å². The Labute approximate surface area is 160 Å². The van der Waals surface area contributed by atoms with E-state index in [1.807, 2.05) is 13.1 Å². The molecule has 0 aromatic heterocycles. The first-order chi connectivity index (χ1) is 12.7. The minimum atomic E-state index is 0.618. The highest BCUT2D eigenvalue weighted by Gasteiger charge is 1.99. The maximum absolute atomic E-state index is 5.71. The first-order valence-corrected chi connectivity index (χ1v) is 9.96. The van der Waals surface area contributed by atoms with Crippen molar-refractivity contribution < 1.29 is 18.9 Å². The van der Waals surface area contributed by atoms with Crippen LogP contribution in [0.2, 0.25) is 0 Å². The molecule has 0 unspecified atom stereocenters. The zero-order valence-electron chi connectivity index (χ0n) is 17.2. The van der Waals surface area contributed by atoms with Crippen molar-refractivity contribution >= 4 is 6.72 Å². The standard InChI is InChI=1S/C20H40N2O4/c1-5-11-23-15-10-22(21-4)18-20(3)19-26-14-9-7-8-13-25-17-16-24-12-6-2/h18H,4-17,19H2,1-3H3/b20-18+. The highest BCUT2D eigenvalue weighted by atomic mass is 16.5. The van der Waals surface area contributed by atoms with E-state index in [0.29, 0.717) is 33.0 Å². The largest absolute Gasteiger partial charge is 0.380 e. The van der Waals surface area contributed by atoms with E-state index in [4.69, 9.17) is 18.9 Å². The number of unbranched alkanes of at least 4 members (excludes halogenated alkanes) is 2. The zero-order valence-corrected chi connectivity index (χ0v) is 17.2. The summed E-state index contributed by atoms with van der Waals surface area (Å²) in [5, 5.41) is 5.79. The number of hydrogen-bond acceptors (Lipinski definition) is 6. The highest BCUT2D eigenvalue weighted by molar-refractivity contribution is 5.23. The van der Waals surface area contributed by atoms with Gasteiger partial charge in [-0.15, -0.1) is 0 Å². The van der Waals surface area contributed by atoms with Crippen LogP contribution in [0.15, 0.2) is 16.9 Å². The number of ether oxygens (including phenoxy) is 4. The van der Waals surface area contributed by atoms with E-state index in [9.17, 15) is 0 Å². The maximum Gasteiger partial charge on any atom is 0.0700 e. The Kier molecular flexibility index (Phi) is 19.6. The molecular formula is C20H40N2O4. The Morgan fingerprint density at radius 1 is 0.808 bits per heavy atom. The molecule has 6 heteroatoms. The van der Waals surface area contributed by atoms with Crippen LogP contribution in [-0.2, 0) is 18.9 Å². The Hall–Kier alpha value is -0.950. The second kappa shape index (κ2) is 20.4. The van der Waals surface area contributed by atoms with Gasteiger partial charge < -0.3 is 18.9 Å². The molecule has 0 rings (SSSR count). The molecule has 0 saturated heterocycles. The summed E-state index contributed by atoms with van der Waals surface area (Å²) in [4.78, 5) is 0. The first kappa shape index (κ1) is 25.1. The van der Waals surface area contributed by atoms with E-state index < -0.39 is 0 Å². The normalized spacial score (nSPS) is 11.7. The third-order valence-corrected chi connectivity index (χ3v) is 3.49. The van der Waals surface area contributed by atoms with Crippen molar-refractivity contribution in [2.24, 2.45) is 5.10 Å². The number of hydrazone groups is 1. The van der Waals surface area contributed by atoms with Gasteiger partial charge in [-0.3, -0.25) is 5.01 Å². The molecule has 0 spiro atoms. The molecule has 0 aromatic carbocycles. The third kappa shape index (κ3) is 17.9. The zero-order chi connectivity index (χ0) is 19.3. The molecule has 0 aromatic rings. The summed E-state index contributed by atoms with van der Waals surface area (Å²) < 4.78 is 22.1. The topological polar surface area (TPSA) is 52.5 Å². The summed E-state index contributed by atoms with van der Waals surface area (Å²) in [5.41, 5.74) is 1.13. The van der Waals surface area contributed by atoms with Gasteiger partial charge in [0.15, 0.2) is 0 Å². The second-order valence-electron chi connectivity index (χ2n) is 6.23. The number of nitrogens with zero attached hydrogens (tertiary/aromatic N) is 2. The van der Waals surface area contributed by atoms with Crippen molar-refractivity contribution in [1.29, 1.82) is 0 Å². The molecule has 0 aliphatic rings. The van der Waals surface area contributed by atoms with E-state index in [0.717, 1.165) is 64.1 Å². The van der Waals surface area contributed by atoms with E-state index in [1.54, 1.807) is 5.01 Å². The Balaban J connectivity index is 3.50. The molecule has 0 amide bonds. The average molecular weight is 373 g/mol. The van der Waals surface area contributed by atoms with Gasteiger partial charge in [-0.25, -0.2) is 0 Å². The van der Waals surface area contributed by atoms with Gasteiger partial charge in [0.05, 0.1) is 33.0 Å². The molecule has 0 atom stereocenters. The van der Waals surface area contributed by atoms with Gasteiger partial charge in [0.1, 0.15) is 0 Å². The van der Waals surface area contributed by atoms with Crippen molar-refractivity contribution in [3.63, 3.8) is 0 Å². The Morgan fingerprint density at radius 2 is 1.38 bits per heavy atom. The van der Waals surface area contributed by atoms with Gasteiger partial charge in [0.25, 0.3) is 0 Å². The van der Waals surface area contributed by atoms with Gasteiger partial charge in [0.2, 0.25) is 0 Å². The van der Waals surface area contributed by atoms with Crippen molar-refractivity contribution in [2.45, 2.75) is 52.9 Å². The quantitative estimate of drug-likeness (QED) is 0.184. The van der Waals surface area contributed by atoms with Crippen LogP contribution in [0, 0.1) is 0 Å². The van der Waals surface area contributed by atoms with Crippen molar-refractivity contribution in [1.82, 2.24) is 5.01 Å². The fraction of sp³-hybridized carbons (Fsp3) is 0.850. The minimum Gasteiger partial charge on any atom is -0.380 e. The number of hydrogen-bond donors (Lipinski definition) is 0. The Bertz CT molecular complexity index is 338. The number of rotatable bonds is 20. The smallest absolute Gasteiger partial charge is 0.0700 e. The molecule has 0 aliphatic heterocycles. The van der Waals surface area contributed by atoms with Crippen LogP contribution in [0.3, 0.4) is 0 Å². The summed E-state index contributed by atoms with van der Waals surface area (Å²) in [6.45, 7) is 16.4. The Morgan fingerprint density at radius 3 is 2.00 bits per heavy atom. The molecular weight excluding hydrogens is 332 g/mol. The lowest BCUT2D eigenvalue weighted by molar-refractivity contribution is 0.0458. The van der Waals surface area contributed by atoms with Gasteiger partial charge in [-0.05, 0) is 44.6 Å². The van der Waals surface area contributed by atoms with Gasteiger partial charge in [-0.2, -0.15) is 5.10 Å². The van der Waals surface area contributed by atoms with Crippen molar-refractivity contribution in [3.05, 3.63) is 11.8 Å². The lowest BCUT2D eigenvalue weighted by Gasteiger charge is -2.15. The highest BCUT2D eigenvalue weighted by Crippen LogP contribution is 2.02. The van der Waals surface area contributed by atoms with Gasteiger partial charge in [0, 0.05) is 39.3 Å². The van der Waals surface area contributed by atoms with Crippen molar-refractivity contribution in [3.8, 4) is 0 Å². The molecule has 0 N–H and O–H groups in total. The molecule has 0 fully saturated rings. The van der Waals surface area contributed by atoms with E-state index in [1.165, 1.54) is 0 Å². The SMILES string of the molecule is C=NN(/C=C(\C)COCCCCCOCCOCCC)CCOCCC. The van der Waals surface area contributed by atoms with E-state index >= 15 is 0 Å².